The minimum absolute atomic E-state index is 0.123. The van der Waals surface area contributed by atoms with Crippen LogP contribution in [0.1, 0.15) is 54.9 Å². The SMILES string of the molecule is Cc1nc(C(C)(C)C)sc1C(C)NCc1cccc(Br)c1. The minimum atomic E-state index is 0.123. The number of thiazole rings is 1. The minimum Gasteiger partial charge on any atom is -0.305 e. The molecule has 0 saturated carbocycles. The molecule has 0 aliphatic rings. The van der Waals surface area contributed by atoms with Crippen molar-refractivity contribution in [2.24, 2.45) is 0 Å². The highest BCUT2D eigenvalue weighted by molar-refractivity contribution is 9.10. The van der Waals surface area contributed by atoms with Gasteiger partial charge in [0.05, 0.1) is 10.7 Å². The van der Waals surface area contributed by atoms with Gasteiger partial charge in [0.2, 0.25) is 0 Å². The number of rotatable bonds is 4. The Labute approximate surface area is 140 Å². The number of nitrogens with one attached hydrogen (secondary N) is 1. The van der Waals surface area contributed by atoms with Gasteiger partial charge in [-0.2, -0.15) is 0 Å². The van der Waals surface area contributed by atoms with E-state index in [1.54, 1.807) is 0 Å². The molecule has 1 unspecified atom stereocenters. The van der Waals surface area contributed by atoms with E-state index in [2.05, 4.69) is 80.1 Å². The van der Waals surface area contributed by atoms with E-state index in [1.165, 1.54) is 15.4 Å². The average molecular weight is 367 g/mol. The van der Waals surface area contributed by atoms with Gasteiger partial charge in [-0.3, -0.25) is 0 Å². The van der Waals surface area contributed by atoms with Crippen molar-refractivity contribution < 1.29 is 0 Å². The Morgan fingerprint density at radius 1 is 1.33 bits per heavy atom. The zero-order chi connectivity index (χ0) is 15.6. The Kier molecular flexibility index (Phi) is 5.23. The van der Waals surface area contributed by atoms with Gasteiger partial charge in [0.25, 0.3) is 0 Å². The van der Waals surface area contributed by atoms with Gasteiger partial charge in [0.1, 0.15) is 0 Å². The van der Waals surface area contributed by atoms with Gasteiger partial charge in [-0.1, -0.05) is 48.8 Å². The molecule has 2 nitrogen and oxygen atoms in total. The molecule has 2 rings (SSSR count). The van der Waals surface area contributed by atoms with Crippen LogP contribution < -0.4 is 5.32 Å². The molecule has 114 valence electrons. The van der Waals surface area contributed by atoms with E-state index in [-0.39, 0.29) is 5.41 Å². The summed E-state index contributed by atoms with van der Waals surface area (Å²) in [6.45, 7) is 11.8. The van der Waals surface area contributed by atoms with Crippen LogP contribution in [0.15, 0.2) is 28.7 Å². The Bertz CT molecular complexity index is 613. The molecule has 4 heteroatoms. The number of nitrogens with zero attached hydrogens (tertiary/aromatic N) is 1. The number of hydrogen-bond acceptors (Lipinski definition) is 3. The van der Waals surface area contributed by atoms with E-state index in [9.17, 15) is 0 Å². The maximum atomic E-state index is 4.74. The third kappa shape index (κ3) is 4.38. The molecule has 1 aromatic heterocycles. The number of aromatic nitrogens is 1. The van der Waals surface area contributed by atoms with Crippen molar-refractivity contribution in [3.8, 4) is 0 Å². The smallest absolute Gasteiger partial charge is 0.0985 e. The molecule has 0 fully saturated rings. The highest BCUT2D eigenvalue weighted by Gasteiger charge is 2.22. The van der Waals surface area contributed by atoms with Crippen molar-refractivity contribution in [1.82, 2.24) is 10.3 Å². The lowest BCUT2D eigenvalue weighted by molar-refractivity contribution is 0.577. The first-order chi connectivity index (χ1) is 9.77. The summed E-state index contributed by atoms with van der Waals surface area (Å²) in [5.74, 6) is 0. The van der Waals surface area contributed by atoms with Gasteiger partial charge in [-0.05, 0) is 31.5 Å². The first-order valence-electron chi connectivity index (χ1n) is 7.23. The van der Waals surface area contributed by atoms with Crippen LogP contribution in [0.5, 0.6) is 0 Å². The summed E-state index contributed by atoms with van der Waals surface area (Å²) >= 11 is 5.35. The maximum absolute atomic E-state index is 4.74. The van der Waals surface area contributed by atoms with Crippen LogP contribution in [0, 0.1) is 6.92 Å². The van der Waals surface area contributed by atoms with Gasteiger partial charge in [0.15, 0.2) is 0 Å². The topological polar surface area (TPSA) is 24.9 Å². The van der Waals surface area contributed by atoms with Crippen LogP contribution in [0.2, 0.25) is 0 Å². The molecule has 0 spiro atoms. The largest absolute Gasteiger partial charge is 0.305 e. The first kappa shape index (κ1) is 16.7. The van der Waals surface area contributed by atoms with Gasteiger partial charge >= 0.3 is 0 Å². The Morgan fingerprint density at radius 3 is 2.62 bits per heavy atom. The zero-order valence-corrected chi connectivity index (χ0v) is 15.7. The number of hydrogen-bond donors (Lipinski definition) is 1. The lowest BCUT2D eigenvalue weighted by Crippen LogP contribution is -2.17. The van der Waals surface area contributed by atoms with Crippen LogP contribution in [-0.2, 0) is 12.0 Å². The molecule has 1 N–H and O–H groups in total. The van der Waals surface area contributed by atoms with Crippen molar-refractivity contribution in [2.75, 3.05) is 0 Å². The molecule has 0 aliphatic carbocycles. The molecule has 0 radical (unpaired) electrons. The number of halogens is 1. The van der Waals surface area contributed by atoms with Crippen molar-refractivity contribution in [1.29, 1.82) is 0 Å². The fraction of sp³-hybridized carbons (Fsp3) is 0.471. The third-order valence-corrected chi connectivity index (χ3v) is 5.63. The average Bonchev–Trinajstić information content (AvgIpc) is 2.78. The Balaban J connectivity index is 2.07. The van der Waals surface area contributed by atoms with Crippen molar-refractivity contribution in [2.45, 2.75) is 52.6 Å². The molecular formula is C17H23BrN2S. The van der Waals surface area contributed by atoms with Crippen LogP contribution in [0.3, 0.4) is 0 Å². The Hall–Kier alpha value is -0.710. The summed E-state index contributed by atoms with van der Waals surface area (Å²) in [7, 11) is 0. The predicted octanol–water partition coefficient (Wildman–Crippen LogP) is 5.36. The lowest BCUT2D eigenvalue weighted by Gasteiger charge is -2.15. The van der Waals surface area contributed by atoms with Crippen molar-refractivity contribution in [3.05, 3.63) is 49.9 Å². The molecule has 0 amide bonds. The summed E-state index contributed by atoms with van der Waals surface area (Å²) < 4.78 is 1.12. The molecule has 1 heterocycles. The fourth-order valence-electron chi connectivity index (χ4n) is 2.14. The summed E-state index contributed by atoms with van der Waals surface area (Å²) in [5.41, 5.74) is 2.56. The molecule has 21 heavy (non-hydrogen) atoms. The first-order valence-corrected chi connectivity index (χ1v) is 8.84. The van der Waals surface area contributed by atoms with Crippen LogP contribution in [0.25, 0.3) is 0 Å². The van der Waals surface area contributed by atoms with Crippen LogP contribution >= 0.6 is 27.3 Å². The normalized spacial score (nSPS) is 13.4. The number of benzene rings is 1. The molecular weight excluding hydrogens is 344 g/mol. The standard InChI is InChI=1S/C17H23BrN2S/c1-11(19-10-13-7-6-8-14(18)9-13)15-12(2)20-16(21-15)17(3,4)5/h6-9,11,19H,10H2,1-5H3. The van der Waals surface area contributed by atoms with E-state index >= 15 is 0 Å². The van der Waals surface area contributed by atoms with E-state index < -0.39 is 0 Å². The molecule has 1 atom stereocenters. The Morgan fingerprint density at radius 2 is 2.05 bits per heavy atom. The van der Waals surface area contributed by atoms with E-state index in [0.29, 0.717) is 6.04 Å². The summed E-state index contributed by atoms with van der Waals surface area (Å²) in [4.78, 5) is 6.09. The van der Waals surface area contributed by atoms with Gasteiger partial charge in [0, 0.05) is 27.4 Å². The molecule has 0 bridgehead atoms. The fourth-order valence-corrected chi connectivity index (χ4v) is 3.74. The highest BCUT2D eigenvalue weighted by atomic mass is 79.9. The molecule has 2 aromatic rings. The van der Waals surface area contributed by atoms with E-state index in [4.69, 9.17) is 4.98 Å². The second kappa shape index (κ2) is 6.59. The third-order valence-electron chi connectivity index (χ3n) is 3.37. The maximum Gasteiger partial charge on any atom is 0.0985 e. The summed E-state index contributed by atoms with van der Waals surface area (Å²) in [6.07, 6.45) is 0. The summed E-state index contributed by atoms with van der Waals surface area (Å²) in [5, 5.41) is 4.81. The van der Waals surface area contributed by atoms with E-state index in [0.717, 1.165) is 16.7 Å². The van der Waals surface area contributed by atoms with Crippen LogP contribution in [0.4, 0.5) is 0 Å². The summed E-state index contributed by atoms with van der Waals surface area (Å²) in [6, 6.07) is 8.74. The lowest BCUT2D eigenvalue weighted by atomic mass is 9.98. The number of aryl methyl sites for hydroxylation is 1. The van der Waals surface area contributed by atoms with Gasteiger partial charge in [-0.25, -0.2) is 4.98 Å². The molecule has 1 aromatic carbocycles. The second-order valence-electron chi connectivity index (χ2n) is 6.45. The molecule has 0 aliphatic heterocycles. The zero-order valence-electron chi connectivity index (χ0n) is 13.3. The van der Waals surface area contributed by atoms with Gasteiger partial charge < -0.3 is 5.32 Å². The monoisotopic (exact) mass is 366 g/mol. The van der Waals surface area contributed by atoms with Crippen molar-refractivity contribution >= 4 is 27.3 Å². The molecule has 0 saturated heterocycles. The quantitative estimate of drug-likeness (QED) is 0.787. The second-order valence-corrected chi connectivity index (χ2v) is 8.40. The highest BCUT2D eigenvalue weighted by Crippen LogP contribution is 2.32. The van der Waals surface area contributed by atoms with E-state index in [1.807, 2.05) is 11.3 Å². The van der Waals surface area contributed by atoms with Crippen molar-refractivity contribution in [3.63, 3.8) is 0 Å². The predicted molar refractivity (Wildman–Crippen MR) is 94.9 cm³/mol. The van der Waals surface area contributed by atoms with Gasteiger partial charge in [-0.15, -0.1) is 11.3 Å². The van der Waals surface area contributed by atoms with Crippen LogP contribution in [-0.4, -0.2) is 4.98 Å².